The van der Waals surface area contributed by atoms with Crippen LogP contribution in [0.15, 0.2) is 48.9 Å². The number of benzene rings is 1. The van der Waals surface area contributed by atoms with Crippen molar-refractivity contribution in [3.63, 3.8) is 0 Å². The molecule has 27 heavy (non-hydrogen) atoms. The molecule has 140 valence electrons. The molecule has 0 bridgehead atoms. The van der Waals surface area contributed by atoms with Gasteiger partial charge in [-0.25, -0.2) is 9.97 Å². The van der Waals surface area contributed by atoms with Crippen LogP contribution >= 0.6 is 0 Å². The van der Waals surface area contributed by atoms with Gasteiger partial charge in [0, 0.05) is 38.4 Å². The summed E-state index contributed by atoms with van der Waals surface area (Å²) in [6.07, 6.45) is 4.97. The van der Waals surface area contributed by atoms with E-state index in [1.165, 1.54) is 0 Å². The average Bonchev–Trinajstić information content (AvgIpc) is 3.07. The van der Waals surface area contributed by atoms with Gasteiger partial charge in [0.05, 0.1) is 23.0 Å². The Labute approximate surface area is 157 Å². The fourth-order valence-electron chi connectivity index (χ4n) is 3.62. The first kappa shape index (κ1) is 17.5. The molecule has 3 heterocycles. The predicted octanol–water partition coefficient (Wildman–Crippen LogP) is 1.73. The SMILES string of the molecule is Cn1cnc2cc(C(=O)NCC3(O)CCCN(c4ccccn4)C3)ccc21. The Hall–Kier alpha value is -2.93. The Morgan fingerprint density at radius 3 is 3.00 bits per heavy atom. The lowest BCUT2D eigenvalue weighted by Crippen LogP contribution is -2.54. The van der Waals surface area contributed by atoms with Crippen LogP contribution < -0.4 is 10.2 Å². The van der Waals surface area contributed by atoms with Gasteiger partial charge in [-0.05, 0) is 43.2 Å². The summed E-state index contributed by atoms with van der Waals surface area (Å²) in [4.78, 5) is 23.3. The highest BCUT2D eigenvalue weighted by Gasteiger charge is 2.34. The number of imidazole rings is 1. The number of hydrogen-bond donors (Lipinski definition) is 2. The minimum absolute atomic E-state index is 0.203. The molecule has 1 aliphatic heterocycles. The van der Waals surface area contributed by atoms with E-state index in [9.17, 15) is 9.90 Å². The molecule has 0 radical (unpaired) electrons. The number of aromatic nitrogens is 3. The first-order valence-corrected chi connectivity index (χ1v) is 9.12. The van der Waals surface area contributed by atoms with Crippen molar-refractivity contribution < 1.29 is 9.90 Å². The lowest BCUT2D eigenvalue weighted by molar-refractivity contribution is 0.0254. The van der Waals surface area contributed by atoms with Crippen molar-refractivity contribution in [2.75, 3.05) is 24.5 Å². The van der Waals surface area contributed by atoms with Gasteiger partial charge < -0.3 is 19.9 Å². The maximum Gasteiger partial charge on any atom is 0.251 e. The molecule has 0 spiro atoms. The molecule has 1 amide bonds. The molecule has 1 aromatic carbocycles. The van der Waals surface area contributed by atoms with Gasteiger partial charge in [0.1, 0.15) is 5.82 Å². The topological polar surface area (TPSA) is 83.3 Å². The summed E-state index contributed by atoms with van der Waals surface area (Å²) in [5, 5.41) is 13.9. The third kappa shape index (κ3) is 3.64. The number of rotatable bonds is 4. The van der Waals surface area contributed by atoms with E-state index in [4.69, 9.17) is 0 Å². The average molecular weight is 365 g/mol. The van der Waals surface area contributed by atoms with Crippen LogP contribution in [-0.2, 0) is 7.05 Å². The van der Waals surface area contributed by atoms with Crippen LogP contribution in [0.5, 0.6) is 0 Å². The number of amides is 1. The maximum absolute atomic E-state index is 12.5. The minimum Gasteiger partial charge on any atom is -0.386 e. The molecule has 7 nitrogen and oxygen atoms in total. The number of carbonyl (C=O) groups excluding carboxylic acids is 1. The number of aryl methyl sites for hydroxylation is 1. The van der Waals surface area contributed by atoms with Crippen molar-refractivity contribution in [1.82, 2.24) is 19.9 Å². The van der Waals surface area contributed by atoms with E-state index in [1.54, 1.807) is 24.7 Å². The normalized spacial score (nSPS) is 20.0. The molecule has 1 fully saturated rings. The number of piperidine rings is 1. The zero-order valence-electron chi connectivity index (χ0n) is 15.3. The summed E-state index contributed by atoms with van der Waals surface area (Å²) in [5.74, 6) is 0.647. The van der Waals surface area contributed by atoms with Crippen molar-refractivity contribution >= 4 is 22.8 Å². The molecule has 4 rings (SSSR count). The number of hydrogen-bond acceptors (Lipinski definition) is 5. The Kier molecular flexibility index (Phi) is 4.53. The Morgan fingerprint density at radius 1 is 1.30 bits per heavy atom. The van der Waals surface area contributed by atoms with E-state index in [-0.39, 0.29) is 12.5 Å². The highest BCUT2D eigenvalue weighted by atomic mass is 16.3. The fourth-order valence-corrected chi connectivity index (χ4v) is 3.62. The van der Waals surface area contributed by atoms with Gasteiger partial charge in [-0.3, -0.25) is 4.79 Å². The second kappa shape index (κ2) is 7.00. The van der Waals surface area contributed by atoms with Crippen LogP contribution in [-0.4, -0.2) is 50.8 Å². The number of β-amino-alcohol motifs (C(OH)–C–C–N with tert-alkyl or cyclic N) is 1. The standard InChI is InChI=1S/C20H23N5O2/c1-24-14-23-16-11-15(6-7-17(16)24)19(26)22-12-20(27)8-4-10-25(13-20)18-5-2-3-9-21-18/h2-3,5-7,9,11,14,27H,4,8,10,12-13H2,1H3,(H,22,26). The smallest absolute Gasteiger partial charge is 0.251 e. The van der Waals surface area contributed by atoms with E-state index >= 15 is 0 Å². The fraction of sp³-hybridized carbons (Fsp3) is 0.350. The number of nitrogens with zero attached hydrogens (tertiary/aromatic N) is 4. The summed E-state index contributed by atoms with van der Waals surface area (Å²) >= 11 is 0. The number of fused-ring (bicyclic) bond motifs is 1. The molecule has 1 saturated heterocycles. The van der Waals surface area contributed by atoms with Gasteiger partial charge in [-0.2, -0.15) is 0 Å². The maximum atomic E-state index is 12.5. The highest BCUT2D eigenvalue weighted by Crippen LogP contribution is 2.24. The second-order valence-electron chi connectivity index (χ2n) is 7.18. The minimum atomic E-state index is -0.972. The van der Waals surface area contributed by atoms with E-state index in [1.807, 2.05) is 35.9 Å². The first-order valence-electron chi connectivity index (χ1n) is 9.12. The van der Waals surface area contributed by atoms with Crippen LogP contribution in [0.25, 0.3) is 11.0 Å². The molecule has 7 heteroatoms. The summed E-state index contributed by atoms with van der Waals surface area (Å²) in [6.45, 7) is 1.50. The van der Waals surface area contributed by atoms with E-state index in [2.05, 4.69) is 20.2 Å². The molecule has 2 aromatic heterocycles. The van der Waals surface area contributed by atoms with Gasteiger partial charge in [0.15, 0.2) is 0 Å². The van der Waals surface area contributed by atoms with Crippen molar-refractivity contribution in [2.24, 2.45) is 7.05 Å². The first-order chi connectivity index (χ1) is 13.0. The lowest BCUT2D eigenvalue weighted by atomic mass is 9.92. The zero-order valence-corrected chi connectivity index (χ0v) is 15.3. The largest absolute Gasteiger partial charge is 0.386 e. The number of anilines is 1. The van der Waals surface area contributed by atoms with Gasteiger partial charge >= 0.3 is 0 Å². The van der Waals surface area contributed by atoms with Crippen LogP contribution in [0.3, 0.4) is 0 Å². The highest BCUT2D eigenvalue weighted by molar-refractivity contribution is 5.97. The number of carbonyl (C=O) groups is 1. The summed E-state index contributed by atoms with van der Waals surface area (Å²) in [7, 11) is 1.92. The van der Waals surface area contributed by atoms with Gasteiger partial charge in [0.25, 0.3) is 5.91 Å². The quantitative estimate of drug-likeness (QED) is 0.736. The molecule has 3 aromatic rings. The van der Waals surface area contributed by atoms with E-state index in [0.29, 0.717) is 18.5 Å². The molecule has 1 aliphatic rings. The Balaban J connectivity index is 1.42. The summed E-state index contributed by atoms with van der Waals surface area (Å²) in [6, 6.07) is 11.2. The monoisotopic (exact) mass is 365 g/mol. The number of pyridine rings is 1. The molecule has 1 unspecified atom stereocenters. The van der Waals surface area contributed by atoms with Crippen LogP contribution in [0, 0.1) is 0 Å². The second-order valence-corrected chi connectivity index (χ2v) is 7.18. The molecule has 0 aliphatic carbocycles. The van der Waals surface area contributed by atoms with Crippen molar-refractivity contribution in [1.29, 1.82) is 0 Å². The molecule has 2 N–H and O–H groups in total. The van der Waals surface area contributed by atoms with Crippen molar-refractivity contribution in [3.8, 4) is 0 Å². The summed E-state index contributed by atoms with van der Waals surface area (Å²) < 4.78 is 1.91. The summed E-state index contributed by atoms with van der Waals surface area (Å²) in [5.41, 5.74) is 1.33. The third-order valence-corrected chi connectivity index (χ3v) is 5.09. The number of aliphatic hydroxyl groups is 1. The predicted molar refractivity (Wildman–Crippen MR) is 104 cm³/mol. The van der Waals surface area contributed by atoms with Crippen LogP contribution in [0.4, 0.5) is 5.82 Å². The number of nitrogens with one attached hydrogen (secondary N) is 1. The van der Waals surface area contributed by atoms with Gasteiger partial charge in [0.2, 0.25) is 0 Å². The van der Waals surface area contributed by atoms with E-state index < -0.39 is 5.60 Å². The van der Waals surface area contributed by atoms with E-state index in [0.717, 1.165) is 29.8 Å². The Morgan fingerprint density at radius 2 is 2.19 bits per heavy atom. The van der Waals surface area contributed by atoms with Crippen LogP contribution in [0.1, 0.15) is 23.2 Å². The molecular formula is C20H23N5O2. The van der Waals surface area contributed by atoms with Gasteiger partial charge in [-0.15, -0.1) is 0 Å². The lowest BCUT2D eigenvalue weighted by Gasteiger charge is -2.39. The third-order valence-electron chi connectivity index (χ3n) is 5.09. The molecular weight excluding hydrogens is 342 g/mol. The zero-order chi connectivity index (χ0) is 18.9. The van der Waals surface area contributed by atoms with Crippen molar-refractivity contribution in [2.45, 2.75) is 18.4 Å². The molecule has 0 saturated carbocycles. The van der Waals surface area contributed by atoms with Gasteiger partial charge in [-0.1, -0.05) is 6.07 Å². The molecule has 1 atom stereocenters. The van der Waals surface area contributed by atoms with Crippen molar-refractivity contribution in [3.05, 3.63) is 54.5 Å². The Bertz CT molecular complexity index is 955. The van der Waals surface area contributed by atoms with Crippen LogP contribution in [0.2, 0.25) is 0 Å².